The van der Waals surface area contributed by atoms with E-state index in [4.69, 9.17) is 0 Å². The standard InChI is InChI=1S/C18H12O.Sn.2H/c19-17-7-3-6-12-8-9-15-10-13-4-1-2-5-14(13)11-16(15)18(12)17;;;/h1-11,19H;;;. The van der Waals surface area contributed by atoms with E-state index in [1.54, 1.807) is 6.07 Å². The molecule has 0 atom stereocenters. The molecule has 96 valence electrons. The maximum absolute atomic E-state index is 10.1. The Hall–Kier alpha value is -1.74. The second-order valence-corrected chi connectivity index (χ2v) is 4.86. The number of phenols is 1. The number of aromatic hydroxyl groups is 1. The third-order valence-corrected chi connectivity index (χ3v) is 3.70. The van der Waals surface area contributed by atoms with Crippen LogP contribution in [0.25, 0.3) is 32.3 Å². The summed E-state index contributed by atoms with van der Waals surface area (Å²) in [5, 5.41) is 16.8. The molecule has 0 aromatic heterocycles. The molecular formula is C18H14OSn. The van der Waals surface area contributed by atoms with Crippen LogP contribution in [0.5, 0.6) is 5.75 Å². The Morgan fingerprint density at radius 1 is 0.600 bits per heavy atom. The second-order valence-electron chi connectivity index (χ2n) is 4.86. The van der Waals surface area contributed by atoms with Crippen LogP contribution in [0.1, 0.15) is 0 Å². The predicted octanol–water partition coefficient (Wildman–Crippen LogP) is 3.94. The molecular weight excluding hydrogens is 351 g/mol. The maximum atomic E-state index is 10.1. The van der Waals surface area contributed by atoms with Gasteiger partial charge >= 0.3 is 23.9 Å². The van der Waals surface area contributed by atoms with Crippen molar-refractivity contribution in [3.05, 3.63) is 66.7 Å². The fraction of sp³-hybridized carbons (Fsp3) is 0. The summed E-state index contributed by atoms with van der Waals surface area (Å²) in [5.74, 6) is 0.346. The molecule has 4 aromatic rings. The molecule has 1 N–H and O–H groups in total. The molecule has 0 saturated heterocycles. The number of rotatable bonds is 0. The first kappa shape index (κ1) is 13.3. The van der Waals surface area contributed by atoms with Crippen LogP contribution in [0, 0.1) is 0 Å². The summed E-state index contributed by atoms with van der Waals surface area (Å²) in [7, 11) is 0. The third kappa shape index (κ3) is 1.93. The predicted molar refractivity (Wildman–Crippen MR) is 89.2 cm³/mol. The van der Waals surface area contributed by atoms with E-state index < -0.39 is 0 Å². The van der Waals surface area contributed by atoms with Gasteiger partial charge in [0.25, 0.3) is 0 Å². The minimum absolute atomic E-state index is 0. The van der Waals surface area contributed by atoms with Gasteiger partial charge in [0.05, 0.1) is 0 Å². The van der Waals surface area contributed by atoms with Gasteiger partial charge in [0.1, 0.15) is 5.75 Å². The van der Waals surface area contributed by atoms with Crippen LogP contribution >= 0.6 is 0 Å². The fourth-order valence-electron chi connectivity index (χ4n) is 2.78. The molecule has 0 fully saturated rings. The fourth-order valence-corrected chi connectivity index (χ4v) is 2.78. The Morgan fingerprint density at radius 3 is 2.05 bits per heavy atom. The molecule has 20 heavy (non-hydrogen) atoms. The van der Waals surface area contributed by atoms with Gasteiger partial charge in [-0.15, -0.1) is 0 Å². The van der Waals surface area contributed by atoms with Gasteiger partial charge in [-0.05, 0) is 45.1 Å². The Bertz CT molecular complexity index is 928. The summed E-state index contributed by atoms with van der Waals surface area (Å²) in [6.07, 6.45) is 0. The van der Waals surface area contributed by atoms with Crippen molar-refractivity contribution >= 4 is 56.2 Å². The van der Waals surface area contributed by atoms with E-state index in [2.05, 4.69) is 36.4 Å². The van der Waals surface area contributed by atoms with Crippen LogP contribution < -0.4 is 0 Å². The Morgan fingerprint density at radius 2 is 1.25 bits per heavy atom. The molecule has 0 spiro atoms. The number of fused-ring (bicyclic) bond motifs is 4. The summed E-state index contributed by atoms with van der Waals surface area (Å²) in [6, 6.07) is 22.5. The zero-order valence-electron chi connectivity index (χ0n) is 11.0. The van der Waals surface area contributed by atoms with Crippen molar-refractivity contribution in [2.24, 2.45) is 0 Å². The first-order valence-electron chi connectivity index (χ1n) is 6.36. The first-order valence-corrected chi connectivity index (χ1v) is 6.36. The van der Waals surface area contributed by atoms with Gasteiger partial charge in [-0.2, -0.15) is 0 Å². The molecule has 0 aliphatic rings. The van der Waals surface area contributed by atoms with Crippen molar-refractivity contribution in [1.82, 2.24) is 0 Å². The quantitative estimate of drug-likeness (QED) is 0.284. The zero-order chi connectivity index (χ0) is 12.8. The summed E-state index contributed by atoms with van der Waals surface area (Å²) in [4.78, 5) is 0. The van der Waals surface area contributed by atoms with Crippen molar-refractivity contribution in [3.8, 4) is 5.75 Å². The molecule has 0 saturated carbocycles. The summed E-state index contributed by atoms with van der Waals surface area (Å²) >= 11 is 0. The average molecular weight is 365 g/mol. The molecule has 0 heterocycles. The third-order valence-electron chi connectivity index (χ3n) is 3.70. The van der Waals surface area contributed by atoms with Crippen molar-refractivity contribution in [2.75, 3.05) is 0 Å². The molecule has 2 radical (unpaired) electrons. The number of benzene rings is 4. The van der Waals surface area contributed by atoms with E-state index >= 15 is 0 Å². The van der Waals surface area contributed by atoms with E-state index in [9.17, 15) is 5.11 Å². The van der Waals surface area contributed by atoms with Crippen LogP contribution in [-0.2, 0) is 0 Å². The Labute approximate surface area is 133 Å². The van der Waals surface area contributed by atoms with Gasteiger partial charge in [-0.25, -0.2) is 0 Å². The van der Waals surface area contributed by atoms with Crippen molar-refractivity contribution in [1.29, 1.82) is 0 Å². The summed E-state index contributed by atoms with van der Waals surface area (Å²) in [5.41, 5.74) is 0. The van der Waals surface area contributed by atoms with Gasteiger partial charge in [0.15, 0.2) is 0 Å². The van der Waals surface area contributed by atoms with Crippen molar-refractivity contribution in [3.63, 3.8) is 0 Å². The molecule has 1 nitrogen and oxygen atoms in total. The Kier molecular flexibility index (Phi) is 3.30. The van der Waals surface area contributed by atoms with Crippen LogP contribution in [0.4, 0.5) is 0 Å². The van der Waals surface area contributed by atoms with Gasteiger partial charge in [0, 0.05) is 5.39 Å². The summed E-state index contributed by atoms with van der Waals surface area (Å²) < 4.78 is 0. The molecule has 2 heteroatoms. The van der Waals surface area contributed by atoms with Gasteiger partial charge in [-0.3, -0.25) is 0 Å². The Balaban J connectivity index is 0.00000121. The zero-order valence-corrected chi connectivity index (χ0v) is 15.0. The monoisotopic (exact) mass is 366 g/mol. The normalized spacial score (nSPS) is 10.8. The molecule has 0 aliphatic carbocycles. The second kappa shape index (κ2) is 4.98. The van der Waals surface area contributed by atoms with Crippen LogP contribution in [0.2, 0.25) is 0 Å². The van der Waals surface area contributed by atoms with E-state index in [0.29, 0.717) is 5.75 Å². The van der Waals surface area contributed by atoms with Crippen LogP contribution in [0.3, 0.4) is 0 Å². The summed E-state index contributed by atoms with van der Waals surface area (Å²) in [6.45, 7) is 0. The molecule has 4 aromatic carbocycles. The van der Waals surface area contributed by atoms with Crippen LogP contribution in [-0.4, -0.2) is 29.0 Å². The topological polar surface area (TPSA) is 20.2 Å². The number of phenolic OH excluding ortho intramolecular Hbond substituents is 1. The van der Waals surface area contributed by atoms with E-state index in [1.807, 2.05) is 24.3 Å². The van der Waals surface area contributed by atoms with Crippen LogP contribution in [0.15, 0.2) is 66.7 Å². The molecule has 0 unspecified atom stereocenters. The van der Waals surface area contributed by atoms with Crippen molar-refractivity contribution < 1.29 is 5.11 Å². The van der Waals surface area contributed by atoms with E-state index in [-0.39, 0.29) is 23.9 Å². The average Bonchev–Trinajstić information content (AvgIpc) is 2.45. The van der Waals surface area contributed by atoms with Gasteiger partial charge in [-0.1, -0.05) is 48.5 Å². The molecule has 0 aliphatic heterocycles. The number of hydrogen-bond acceptors (Lipinski definition) is 1. The van der Waals surface area contributed by atoms with E-state index in [1.165, 1.54) is 10.8 Å². The number of hydrogen-bond donors (Lipinski definition) is 1. The molecule has 0 amide bonds. The SMILES string of the molecule is Oc1cccc2ccc3cc4ccccc4cc3c12.[SnH2]. The minimum atomic E-state index is 0. The van der Waals surface area contributed by atoms with Crippen molar-refractivity contribution in [2.45, 2.75) is 0 Å². The first-order chi connectivity index (χ1) is 9.33. The molecule has 4 rings (SSSR count). The van der Waals surface area contributed by atoms with Gasteiger partial charge < -0.3 is 5.11 Å². The molecule has 0 bridgehead atoms. The van der Waals surface area contributed by atoms with E-state index in [0.717, 1.165) is 21.5 Å². The van der Waals surface area contributed by atoms with Gasteiger partial charge in [0.2, 0.25) is 0 Å².